The molecular formula is C15H16Cl2N4O5S3. The lowest BCUT2D eigenvalue weighted by atomic mass is 10.2. The van der Waals surface area contributed by atoms with E-state index in [0.717, 1.165) is 33.7 Å². The summed E-state index contributed by atoms with van der Waals surface area (Å²) in [5.41, 5.74) is 0.191. The van der Waals surface area contributed by atoms with Crippen molar-refractivity contribution >= 4 is 79.0 Å². The van der Waals surface area contributed by atoms with Crippen molar-refractivity contribution in [2.24, 2.45) is 0 Å². The predicted molar refractivity (Wildman–Crippen MR) is 115 cm³/mol. The van der Waals surface area contributed by atoms with Crippen molar-refractivity contribution in [3.05, 3.63) is 28.2 Å². The summed E-state index contributed by atoms with van der Waals surface area (Å²) >= 11 is 14.0. The number of amides is 1. The number of carbonyl (C=O) groups excluding carboxylic acids is 2. The Labute approximate surface area is 185 Å². The van der Waals surface area contributed by atoms with Crippen molar-refractivity contribution in [2.75, 3.05) is 28.7 Å². The maximum atomic E-state index is 12.6. The molecule has 1 aromatic heterocycles. The van der Waals surface area contributed by atoms with Gasteiger partial charge in [0.25, 0.3) is 0 Å². The van der Waals surface area contributed by atoms with Crippen LogP contribution < -0.4 is 9.62 Å². The molecule has 0 saturated carbocycles. The number of benzene rings is 1. The lowest BCUT2D eigenvalue weighted by Crippen LogP contribution is -2.45. The number of methoxy groups -OCH3 is 1. The monoisotopic (exact) mass is 498 g/mol. The minimum atomic E-state index is -3.82. The van der Waals surface area contributed by atoms with Crippen LogP contribution in [0.4, 0.5) is 10.8 Å². The highest BCUT2D eigenvalue weighted by Gasteiger charge is 2.30. The molecule has 1 amide bonds. The third kappa shape index (κ3) is 6.44. The molecule has 29 heavy (non-hydrogen) atoms. The highest BCUT2D eigenvalue weighted by atomic mass is 35.5. The first kappa shape index (κ1) is 23.7. The summed E-state index contributed by atoms with van der Waals surface area (Å²) in [6, 6.07) is 3.14. The van der Waals surface area contributed by atoms with Crippen LogP contribution in [0.15, 0.2) is 22.5 Å². The highest BCUT2D eigenvalue weighted by molar-refractivity contribution is 8.01. The molecule has 0 aliphatic rings. The summed E-state index contributed by atoms with van der Waals surface area (Å²) in [5.74, 6) is -0.994. The molecule has 2 rings (SSSR count). The molecule has 9 nitrogen and oxygen atoms in total. The minimum Gasteiger partial charge on any atom is -0.468 e. The van der Waals surface area contributed by atoms with Crippen LogP contribution in [-0.2, 0) is 24.3 Å². The molecule has 1 heterocycles. The third-order valence-corrected chi connectivity index (χ3v) is 7.35. The van der Waals surface area contributed by atoms with Crippen molar-refractivity contribution in [1.82, 2.24) is 10.2 Å². The number of carbonyl (C=O) groups is 2. The third-order valence-electron chi connectivity index (χ3n) is 3.42. The van der Waals surface area contributed by atoms with Crippen LogP contribution in [0.25, 0.3) is 0 Å². The first-order chi connectivity index (χ1) is 13.5. The Morgan fingerprint density at radius 2 is 2.00 bits per heavy atom. The first-order valence-electron chi connectivity index (χ1n) is 7.81. The molecule has 0 radical (unpaired) electrons. The smallest absolute Gasteiger partial charge is 0.316 e. The Kier molecular flexibility index (Phi) is 8.11. The zero-order valence-corrected chi connectivity index (χ0v) is 19.3. The van der Waals surface area contributed by atoms with Gasteiger partial charge >= 0.3 is 5.97 Å². The van der Waals surface area contributed by atoms with E-state index in [4.69, 9.17) is 23.2 Å². The van der Waals surface area contributed by atoms with Gasteiger partial charge in [0.2, 0.25) is 21.1 Å². The number of esters is 1. The fourth-order valence-corrected chi connectivity index (χ4v) is 5.19. The van der Waals surface area contributed by atoms with E-state index in [0.29, 0.717) is 4.34 Å². The summed E-state index contributed by atoms with van der Waals surface area (Å²) < 4.78 is 30.5. The van der Waals surface area contributed by atoms with Gasteiger partial charge in [0, 0.05) is 0 Å². The van der Waals surface area contributed by atoms with Crippen LogP contribution in [0.3, 0.4) is 0 Å². The van der Waals surface area contributed by atoms with Gasteiger partial charge in [-0.25, -0.2) is 8.42 Å². The van der Waals surface area contributed by atoms with E-state index in [1.807, 2.05) is 0 Å². The van der Waals surface area contributed by atoms with Gasteiger partial charge in [-0.3, -0.25) is 19.2 Å². The van der Waals surface area contributed by atoms with Crippen molar-refractivity contribution in [3.8, 4) is 0 Å². The molecule has 0 aliphatic carbocycles. The molecule has 1 N–H and O–H groups in total. The minimum absolute atomic E-state index is 0.0503. The average molecular weight is 499 g/mol. The van der Waals surface area contributed by atoms with Gasteiger partial charge < -0.3 is 4.74 Å². The Hall–Kier alpha value is -1.60. The van der Waals surface area contributed by atoms with Gasteiger partial charge in [0.05, 0.1) is 34.9 Å². The van der Waals surface area contributed by atoms with Gasteiger partial charge in [0.1, 0.15) is 6.04 Å². The largest absolute Gasteiger partial charge is 0.468 e. The van der Waals surface area contributed by atoms with Crippen molar-refractivity contribution in [1.29, 1.82) is 0 Å². The molecule has 14 heteroatoms. The SMILES string of the molecule is COC(=O)CSc1nnc(NC(=O)[C@H](C)N(c2ccc(Cl)c(Cl)c2)S(C)(=O)=O)s1. The zero-order chi connectivity index (χ0) is 21.8. The molecule has 0 spiro atoms. The second-order valence-corrected chi connectivity index (χ2v) is 10.4. The van der Waals surface area contributed by atoms with Gasteiger partial charge in [-0.1, -0.05) is 46.3 Å². The van der Waals surface area contributed by atoms with Crippen molar-refractivity contribution < 1.29 is 22.7 Å². The van der Waals surface area contributed by atoms with Crippen LogP contribution in [0.2, 0.25) is 10.0 Å². The summed E-state index contributed by atoms with van der Waals surface area (Å²) in [6.45, 7) is 1.42. The van der Waals surface area contributed by atoms with Crippen LogP contribution in [0.1, 0.15) is 6.92 Å². The number of nitrogens with zero attached hydrogens (tertiary/aromatic N) is 3. The summed E-state index contributed by atoms with van der Waals surface area (Å²) in [5, 5.41) is 10.8. The molecule has 1 aromatic carbocycles. The Morgan fingerprint density at radius 3 is 2.59 bits per heavy atom. The number of rotatable bonds is 8. The lowest BCUT2D eigenvalue weighted by molar-refractivity contribution is -0.137. The quantitative estimate of drug-likeness (QED) is 0.335. The van der Waals surface area contributed by atoms with E-state index in [9.17, 15) is 18.0 Å². The van der Waals surface area contributed by atoms with Gasteiger partial charge in [-0.2, -0.15) is 0 Å². The van der Waals surface area contributed by atoms with Crippen LogP contribution in [0, 0.1) is 0 Å². The normalized spacial score (nSPS) is 12.3. The first-order valence-corrected chi connectivity index (χ1v) is 12.2. The Balaban J connectivity index is 2.16. The molecule has 0 saturated heterocycles. The number of hydrogen-bond acceptors (Lipinski definition) is 9. The molecule has 0 fully saturated rings. The highest BCUT2D eigenvalue weighted by Crippen LogP contribution is 2.30. The number of anilines is 2. The fourth-order valence-electron chi connectivity index (χ4n) is 2.14. The van der Waals surface area contributed by atoms with Crippen LogP contribution in [-0.4, -0.2) is 55.7 Å². The number of ether oxygens (including phenoxy) is 1. The maximum Gasteiger partial charge on any atom is 0.316 e. The van der Waals surface area contributed by atoms with E-state index < -0.39 is 27.9 Å². The topological polar surface area (TPSA) is 119 Å². The number of aromatic nitrogens is 2. The molecular weight excluding hydrogens is 483 g/mol. The number of halogens is 2. The number of sulfonamides is 1. The molecule has 1 atom stereocenters. The lowest BCUT2D eigenvalue weighted by Gasteiger charge is -2.28. The molecule has 2 aromatic rings. The molecule has 158 valence electrons. The second-order valence-electron chi connectivity index (χ2n) is 5.56. The summed E-state index contributed by atoms with van der Waals surface area (Å²) in [4.78, 5) is 23.8. The van der Waals surface area contributed by atoms with E-state index in [-0.39, 0.29) is 26.6 Å². The van der Waals surface area contributed by atoms with E-state index in [1.54, 1.807) is 0 Å². The maximum absolute atomic E-state index is 12.6. The summed E-state index contributed by atoms with van der Waals surface area (Å²) in [7, 11) is -2.54. The Bertz CT molecular complexity index is 1020. The average Bonchev–Trinajstić information content (AvgIpc) is 3.08. The van der Waals surface area contributed by atoms with E-state index in [1.165, 1.54) is 32.2 Å². The number of nitrogens with one attached hydrogen (secondary N) is 1. The van der Waals surface area contributed by atoms with Gasteiger partial charge in [0.15, 0.2) is 4.34 Å². The molecule has 0 aliphatic heterocycles. The number of thioether (sulfide) groups is 1. The standard InChI is InChI=1S/C15H16Cl2N4O5S3/c1-8(21(29(3,24)25)9-4-5-10(16)11(17)6-9)13(23)18-14-19-20-15(28-14)27-7-12(22)26-2/h4-6,8H,7H2,1-3H3,(H,18,19,23)/t8-/m0/s1. The summed E-state index contributed by atoms with van der Waals surface area (Å²) in [6.07, 6.45) is 0.978. The van der Waals surface area contributed by atoms with Crippen molar-refractivity contribution in [2.45, 2.75) is 17.3 Å². The Morgan fingerprint density at radius 1 is 1.31 bits per heavy atom. The molecule has 0 unspecified atom stereocenters. The van der Waals surface area contributed by atoms with Crippen molar-refractivity contribution in [3.63, 3.8) is 0 Å². The fraction of sp³-hybridized carbons (Fsp3) is 0.333. The predicted octanol–water partition coefficient (Wildman–Crippen LogP) is 2.90. The van der Waals surface area contributed by atoms with E-state index >= 15 is 0 Å². The van der Waals surface area contributed by atoms with Gasteiger partial charge in [-0.15, -0.1) is 10.2 Å². The zero-order valence-electron chi connectivity index (χ0n) is 15.4. The van der Waals surface area contributed by atoms with Crippen LogP contribution in [0.5, 0.6) is 0 Å². The molecule has 0 bridgehead atoms. The van der Waals surface area contributed by atoms with E-state index in [2.05, 4.69) is 20.3 Å². The van der Waals surface area contributed by atoms with Gasteiger partial charge in [-0.05, 0) is 25.1 Å². The second kappa shape index (κ2) is 9.94. The number of hydrogen-bond donors (Lipinski definition) is 1. The van der Waals surface area contributed by atoms with Crippen LogP contribution >= 0.6 is 46.3 Å².